The Hall–Kier alpha value is -2.33. The molecule has 4 N–H and O–H groups in total. The number of hydrogen-bond acceptors (Lipinski definition) is 3. The number of hydrogen-bond donors (Lipinski definition) is 3. The number of aliphatic hydroxyl groups is 1. The van der Waals surface area contributed by atoms with E-state index in [4.69, 9.17) is 5.73 Å². The lowest BCUT2D eigenvalue weighted by Gasteiger charge is -2.12. The Labute approximate surface area is 118 Å². The molecule has 0 radical (unpaired) electrons. The number of amides is 1. The van der Waals surface area contributed by atoms with E-state index in [1.54, 1.807) is 18.2 Å². The van der Waals surface area contributed by atoms with E-state index in [0.29, 0.717) is 11.3 Å². The smallest absolute Gasteiger partial charge is 0.251 e. The molecule has 0 heterocycles. The summed E-state index contributed by atoms with van der Waals surface area (Å²) in [5.41, 5.74) is 8.55. The van der Waals surface area contributed by atoms with Crippen LogP contribution in [0.2, 0.25) is 0 Å². The zero-order valence-electron chi connectivity index (χ0n) is 11.3. The number of nitrogens with two attached hydrogens (primary N) is 1. The summed E-state index contributed by atoms with van der Waals surface area (Å²) in [5.74, 6) is -0.219. The molecule has 1 amide bonds. The van der Waals surface area contributed by atoms with E-state index < -0.39 is 6.10 Å². The summed E-state index contributed by atoms with van der Waals surface area (Å²) in [5, 5.41) is 12.7. The van der Waals surface area contributed by atoms with Crippen LogP contribution in [-0.2, 0) is 0 Å². The van der Waals surface area contributed by atoms with Crippen LogP contribution in [0.15, 0.2) is 48.5 Å². The number of nitrogens with one attached hydrogen (secondary N) is 1. The maximum Gasteiger partial charge on any atom is 0.251 e. The zero-order valence-corrected chi connectivity index (χ0v) is 11.3. The van der Waals surface area contributed by atoms with Crippen molar-refractivity contribution >= 4 is 11.6 Å². The normalized spacial score (nSPS) is 11.9. The Morgan fingerprint density at radius 2 is 1.95 bits per heavy atom. The van der Waals surface area contributed by atoms with Crippen molar-refractivity contribution in [3.8, 4) is 0 Å². The number of carbonyl (C=O) groups is 1. The van der Waals surface area contributed by atoms with Crippen LogP contribution < -0.4 is 11.1 Å². The van der Waals surface area contributed by atoms with Crippen LogP contribution in [0.5, 0.6) is 0 Å². The van der Waals surface area contributed by atoms with E-state index in [2.05, 4.69) is 5.32 Å². The van der Waals surface area contributed by atoms with Gasteiger partial charge in [-0.25, -0.2) is 0 Å². The van der Waals surface area contributed by atoms with Gasteiger partial charge in [0.1, 0.15) is 0 Å². The molecular formula is C16H18N2O2. The predicted molar refractivity (Wildman–Crippen MR) is 79.3 cm³/mol. The predicted octanol–water partition coefficient (Wildman–Crippen LogP) is 2.04. The number of aryl methyl sites for hydroxylation is 1. The molecule has 2 aromatic rings. The summed E-state index contributed by atoms with van der Waals surface area (Å²) in [6, 6.07) is 14.3. The van der Waals surface area contributed by atoms with Crippen molar-refractivity contribution in [2.24, 2.45) is 0 Å². The number of carbonyl (C=O) groups excluding carboxylic acids is 1. The molecule has 0 aliphatic heterocycles. The quantitative estimate of drug-likeness (QED) is 0.744. The van der Waals surface area contributed by atoms with E-state index in [1.165, 1.54) is 0 Å². The van der Waals surface area contributed by atoms with Gasteiger partial charge in [-0.2, -0.15) is 0 Å². The minimum absolute atomic E-state index is 0.173. The van der Waals surface area contributed by atoms with Gasteiger partial charge in [-0.15, -0.1) is 0 Å². The number of rotatable bonds is 4. The van der Waals surface area contributed by atoms with Gasteiger partial charge in [0.15, 0.2) is 0 Å². The second-order valence-corrected chi connectivity index (χ2v) is 4.71. The van der Waals surface area contributed by atoms with E-state index in [0.717, 1.165) is 11.1 Å². The molecule has 20 heavy (non-hydrogen) atoms. The number of benzene rings is 2. The standard InChI is InChI=1S/C16H18N2O2/c1-11-9-13(7-8-14(11)17)16(20)18-10-15(19)12-5-3-2-4-6-12/h2-9,15,19H,10,17H2,1H3,(H,18,20). The van der Waals surface area contributed by atoms with Gasteiger partial charge in [0, 0.05) is 17.8 Å². The first kappa shape index (κ1) is 14.1. The van der Waals surface area contributed by atoms with Crippen LogP contribution in [0.4, 0.5) is 5.69 Å². The summed E-state index contributed by atoms with van der Waals surface area (Å²) >= 11 is 0. The van der Waals surface area contributed by atoms with Crippen LogP contribution in [0.1, 0.15) is 27.6 Å². The summed E-state index contributed by atoms with van der Waals surface area (Å²) in [7, 11) is 0. The van der Waals surface area contributed by atoms with E-state index in [-0.39, 0.29) is 12.5 Å². The van der Waals surface area contributed by atoms with E-state index >= 15 is 0 Å². The molecule has 0 spiro atoms. The molecule has 1 atom stereocenters. The molecule has 0 aliphatic rings. The van der Waals surface area contributed by atoms with Gasteiger partial charge in [-0.1, -0.05) is 30.3 Å². The van der Waals surface area contributed by atoms with Crippen LogP contribution >= 0.6 is 0 Å². The van der Waals surface area contributed by atoms with Crippen LogP contribution in [0, 0.1) is 6.92 Å². The molecule has 0 bridgehead atoms. The first-order chi connectivity index (χ1) is 9.58. The van der Waals surface area contributed by atoms with E-state index in [1.807, 2.05) is 37.3 Å². The Balaban J connectivity index is 1.97. The highest BCUT2D eigenvalue weighted by molar-refractivity contribution is 5.94. The van der Waals surface area contributed by atoms with Crippen molar-refractivity contribution in [3.63, 3.8) is 0 Å². The molecule has 0 saturated heterocycles. The van der Waals surface area contributed by atoms with Crippen molar-refractivity contribution in [1.29, 1.82) is 0 Å². The molecule has 0 aliphatic carbocycles. The molecule has 0 saturated carbocycles. The number of nitrogen functional groups attached to an aromatic ring is 1. The molecular weight excluding hydrogens is 252 g/mol. The third kappa shape index (κ3) is 3.36. The Morgan fingerprint density at radius 3 is 2.60 bits per heavy atom. The second-order valence-electron chi connectivity index (χ2n) is 4.71. The maximum absolute atomic E-state index is 12.0. The van der Waals surface area contributed by atoms with Crippen LogP contribution in [0.3, 0.4) is 0 Å². The molecule has 4 nitrogen and oxygen atoms in total. The first-order valence-electron chi connectivity index (χ1n) is 6.45. The van der Waals surface area contributed by atoms with Gasteiger partial charge in [-0.3, -0.25) is 4.79 Å². The maximum atomic E-state index is 12.0. The SMILES string of the molecule is Cc1cc(C(=O)NCC(O)c2ccccc2)ccc1N. The first-order valence-corrected chi connectivity index (χ1v) is 6.45. The monoisotopic (exact) mass is 270 g/mol. The lowest BCUT2D eigenvalue weighted by molar-refractivity contribution is 0.0916. The largest absolute Gasteiger partial charge is 0.399 e. The lowest BCUT2D eigenvalue weighted by atomic mass is 10.1. The van der Waals surface area contributed by atoms with Crippen molar-refractivity contribution < 1.29 is 9.90 Å². The van der Waals surface area contributed by atoms with Crippen molar-refractivity contribution in [1.82, 2.24) is 5.32 Å². The number of aliphatic hydroxyl groups excluding tert-OH is 1. The van der Waals surface area contributed by atoms with Crippen molar-refractivity contribution in [2.75, 3.05) is 12.3 Å². The Morgan fingerprint density at radius 1 is 1.25 bits per heavy atom. The molecule has 2 rings (SSSR count). The Bertz CT molecular complexity index is 597. The highest BCUT2D eigenvalue weighted by Gasteiger charge is 2.11. The molecule has 1 unspecified atom stereocenters. The van der Waals surface area contributed by atoms with Crippen LogP contribution in [0.25, 0.3) is 0 Å². The molecule has 2 aromatic carbocycles. The summed E-state index contributed by atoms with van der Waals surface area (Å²) < 4.78 is 0. The van der Waals surface area contributed by atoms with Crippen molar-refractivity contribution in [2.45, 2.75) is 13.0 Å². The lowest BCUT2D eigenvalue weighted by Crippen LogP contribution is -2.28. The van der Waals surface area contributed by atoms with Gasteiger partial charge in [0.05, 0.1) is 6.10 Å². The van der Waals surface area contributed by atoms with Crippen LogP contribution in [-0.4, -0.2) is 17.6 Å². The summed E-state index contributed by atoms with van der Waals surface area (Å²) in [6.45, 7) is 2.03. The van der Waals surface area contributed by atoms with Gasteiger partial charge < -0.3 is 16.2 Å². The summed E-state index contributed by atoms with van der Waals surface area (Å²) in [4.78, 5) is 12.0. The third-order valence-electron chi connectivity index (χ3n) is 3.17. The number of anilines is 1. The topological polar surface area (TPSA) is 75.3 Å². The van der Waals surface area contributed by atoms with Gasteiger partial charge in [-0.05, 0) is 36.2 Å². The van der Waals surface area contributed by atoms with Gasteiger partial charge >= 0.3 is 0 Å². The molecule has 4 heteroatoms. The third-order valence-corrected chi connectivity index (χ3v) is 3.17. The fourth-order valence-corrected chi connectivity index (χ4v) is 1.90. The zero-order chi connectivity index (χ0) is 14.5. The molecule has 0 fully saturated rings. The summed E-state index contributed by atoms with van der Waals surface area (Å²) in [6.07, 6.45) is -0.713. The fourth-order valence-electron chi connectivity index (χ4n) is 1.90. The molecule has 0 aromatic heterocycles. The average molecular weight is 270 g/mol. The van der Waals surface area contributed by atoms with Gasteiger partial charge in [0.25, 0.3) is 5.91 Å². The highest BCUT2D eigenvalue weighted by Crippen LogP contribution is 2.14. The minimum atomic E-state index is -0.713. The van der Waals surface area contributed by atoms with Crippen molar-refractivity contribution in [3.05, 3.63) is 65.2 Å². The fraction of sp³-hybridized carbons (Fsp3) is 0.188. The molecule has 104 valence electrons. The van der Waals surface area contributed by atoms with Gasteiger partial charge in [0.2, 0.25) is 0 Å². The average Bonchev–Trinajstić information content (AvgIpc) is 2.48. The van der Waals surface area contributed by atoms with E-state index in [9.17, 15) is 9.90 Å². The Kier molecular flexibility index (Phi) is 4.38. The second kappa shape index (κ2) is 6.21. The minimum Gasteiger partial charge on any atom is -0.399 e. The highest BCUT2D eigenvalue weighted by atomic mass is 16.3.